The number of hydrogen-bond acceptors (Lipinski definition) is 5. The number of carbonyl (C=O) groups excluding carboxylic acids is 1. The van der Waals surface area contributed by atoms with Crippen LogP contribution in [0.15, 0.2) is 12.1 Å². The summed E-state index contributed by atoms with van der Waals surface area (Å²) in [6, 6.07) is 3.35. The molecular weight excluding hydrogens is 310 g/mol. The van der Waals surface area contributed by atoms with Crippen LogP contribution in [0.3, 0.4) is 0 Å². The lowest BCUT2D eigenvalue weighted by Crippen LogP contribution is -2.38. The Morgan fingerprint density at radius 2 is 1.96 bits per heavy atom. The maximum atomic E-state index is 12.8. The first-order valence-electron chi connectivity index (χ1n) is 8.32. The minimum atomic E-state index is -0.394. The molecule has 7 heteroatoms. The number of anilines is 1. The zero-order valence-electron chi connectivity index (χ0n) is 14.1. The highest BCUT2D eigenvalue weighted by atomic mass is 16.6. The van der Waals surface area contributed by atoms with E-state index in [2.05, 4.69) is 0 Å². The van der Waals surface area contributed by atoms with Crippen molar-refractivity contribution in [2.24, 2.45) is 5.92 Å². The van der Waals surface area contributed by atoms with Gasteiger partial charge in [0.05, 0.1) is 4.92 Å². The van der Waals surface area contributed by atoms with Crippen LogP contribution in [-0.4, -0.2) is 47.6 Å². The summed E-state index contributed by atoms with van der Waals surface area (Å²) in [7, 11) is 3.48. The van der Waals surface area contributed by atoms with E-state index in [0.717, 1.165) is 31.2 Å². The molecule has 1 amide bonds. The van der Waals surface area contributed by atoms with Crippen LogP contribution < -0.4 is 4.90 Å². The Labute approximate surface area is 141 Å². The average Bonchev–Trinajstić information content (AvgIpc) is 2.90. The van der Waals surface area contributed by atoms with E-state index in [1.54, 1.807) is 31.1 Å². The first-order chi connectivity index (χ1) is 11.4. The van der Waals surface area contributed by atoms with Gasteiger partial charge in [-0.2, -0.15) is 0 Å². The summed E-state index contributed by atoms with van der Waals surface area (Å²) in [5.74, 6) is 0.304. The fraction of sp³-hybridized carbons (Fsp3) is 0.588. The number of nitrogens with zero attached hydrogens (tertiary/aromatic N) is 3. The Balaban J connectivity index is 1.86. The molecule has 0 atom stereocenters. The van der Waals surface area contributed by atoms with Crippen molar-refractivity contribution in [3.05, 3.63) is 33.4 Å². The van der Waals surface area contributed by atoms with Crippen molar-refractivity contribution in [2.45, 2.75) is 38.3 Å². The maximum Gasteiger partial charge on any atom is 0.292 e. The highest BCUT2D eigenvalue weighted by Crippen LogP contribution is 2.37. The molecule has 3 rings (SSSR count). The first kappa shape index (κ1) is 16.7. The van der Waals surface area contributed by atoms with Crippen LogP contribution >= 0.6 is 0 Å². The number of rotatable bonds is 4. The predicted octanol–water partition coefficient (Wildman–Crippen LogP) is 2.17. The van der Waals surface area contributed by atoms with Gasteiger partial charge < -0.3 is 14.9 Å². The molecule has 1 aromatic carbocycles. The smallest absolute Gasteiger partial charge is 0.292 e. The first-order valence-corrected chi connectivity index (χ1v) is 8.32. The molecule has 0 aromatic heterocycles. The highest BCUT2D eigenvalue weighted by Gasteiger charge is 2.36. The lowest BCUT2D eigenvalue weighted by molar-refractivity contribution is -0.384. The van der Waals surface area contributed by atoms with Crippen molar-refractivity contribution < 1.29 is 14.8 Å². The zero-order valence-corrected chi connectivity index (χ0v) is 14.1. The van der Waals surface area contributed by atoms with E-state index >= 15 is 0 Å². The summed E-state index contributed by atoms with van der Waals surface area (Å²) in [6.07, 6.45) is 3.61. The summed E-state index contributed by atoms with van der Waals surface area (Å²) in [5, 5.41) is 20.6. The van der Waals surface area contributed by atoms with Gasteiger partial charge in [0, 0.05) is 44.9 Å². The van der Waals surface area contributed by atoms with Gasteiger partial charge in [0.15, 0.2) is 0 Å². The molecule has 1 aliphatic carbocycles. The van der Waals surface area contributed by atoms with Gasteiger partial charge >= 0.3 is 0 Å². The Morgan fingerprint density at radius 3 is 2.50 bits per heavy atom. The average molecular weight is 333 g/mol. The number of aliphatic hydroxyl groups is 1. The molecule has 1 N–H and O–H groups in total. The monoisotopic (exact) mass is 333 g/mol. The third kappa shape index (κ3) is 2.84. The summed E-state index contributed by atoms with van der Waals surface area (Å²) in [4.78, 5) is 27.2. The number of hydrogen-bond donors (Lipinski definition) is 1. The number of aliphatic hydroxyl groups excluding tert-OH is 1. The molecule has 130 valence electrons. The fourth-order valence-corrected chi connectivity index (χ4v) is 3.80. The molecule has 1 aromatic rings. The summed E-state index contributed by atoms with van der Waals surface area (Å²) < 4.78 is 0. The normalized spacial score (nSPS) is 23.3. The summed E-state index contributed by atoms with van der Waals surface area (Å²) in [6.45, 7) is 0.649. The quantitative estimate of drug-likeness (QED) is 0.674. The van der Waals surface area contributed by atoms with Gasteiger partial charge in [-0.1, -0.05) is 0 Å². The Kier molecular flexibility index (Phi) is 4.45. The van der Waals surface area contributed by atoms with E-state index in [1.165, 1.54) is 0 Å². The second kappa shape index (κ2) is 6.39. The van der Waals surface area contributed by atoms with Crippen molar-refractivity contribution >= 4 is 17.3 Å². The molecular formula is C17H23N3O4. The van der Waals surface area contributed by atoms with Gasteiger partial charge in [-0.05, 0) is 43.2 Å². The van der Waals surface area contributed by atoms with Crippen LogP contribution in [0.1, 0.15) is 41.6 Å². The van der Waals surface area contributed by atoms with Crippen molar-refractivity contribution in [3.8, 4) is 0 Å². The number of fused-ring (bicyclic) bond motifs is 1. The second-order valence-corrected chi connectivity index (χ2v) is 6.94. The zero-order chi connectivity index (χ0) is 17.4. The predicted molar refractivity (Wildman–Crippen MR) is 90.1 cm³/mol. The largest absolute Gasteiger partial charge is 0.396 e. The fourth-order valence-electron chi connectivity index (χ4n) is 3.80. The van der Waals surface area contributed by atoms with Crippen LogP contribution in [0.25, 0.3) is 0 Å². The van der Waals surface area contributed by atoms with Crippen LogP contribution in [-0.2, 0) is 6.54 Å². The molecule has 1 fully saturated rings. The molecule has 0 unspecified atom stereocenters. The van der Waals surface area contributed by atoms with Gasteiger partial charge in [0.2, 0.25) is 0 Å². The maximum absolute atomic E-state index is 12.8. The Hall–Kier alpha value is -2.15. The molecule has 0 spiro atoms. The van der Waals surface area contributed by atoms with Crippen LogP contribution in [0, 0.1) is 16.0 Å². The lowest BCUT2D eigenvalue weighted by Gasteiger charge is -2.34. The van der Waals surface area contributed by atoms with E-state index in [4.69, 9.17) is 0 Å². The van der Waals surface area contributed by atoms with Gasteiger partial charge in [-0.25, -0.2) is 0 Å². The van der Waals surface area contributed by atoms with Gasteiger partial charge in [0.1, 0.15) is 5.69 Å². The molecule has 0 saturated heterocycles. The summed E-state index contributed by atoms with van der Waals surface area (Å²) >= 11 is 0. The third-order valence-electron chi connectivity index (χ3n) is 5.23. The SMILES string of the molecule is CN(C)c1cc2c(cc1[N+](=O)[O-])CN(C1CCC(CO)CC1)C2=O. The molecule has 7 nitrogen and oxygen atoms in total. The highest BCUT2D eigenvalue weighted by molar-refractivity contribution is 6.00. The second-order valence-electron chi connectivity index (χ2n) is 6.94. The number of nitro groups is 1. The van der Waals surface area contributed by atoms with E-state index in [0.29, 0.717) is 23.7 Å². The van der Waals surface area contributed by atoms with E-state index < -0.39 is 4.92 Å². The van der Waals surface area contributed by atoms with E-state index in [9.17, 15) is 20.0 Å². The number of carbonyl (C=O) groups is 1. The van der Waals surface area contributed by atoms with Gasteiger partial charge in [-0.3, -0.25) is 14.9 Å². The van der Waals surface area contributed by atoms with Crippen molar-refractivity contribution in [3.63, 3.8) is 0 Å². The minimum absolute atomic E-state index is 0.0320. The van der Waals surface area contributed by atoms with Crippen molar-refractivity contribution in [2.75, 3.05) is 25.6 Å². The molecule has 1 heterocycles. The van der Waals surface area contributed by atoms with Gasteiger partial charge in [-0.15, -0.1) is 0 Å². The van der Waals surface area contributed by atoms with Gasteiger partial charge in [0.25, 0.3) is 11.6 Å². The van der Waals surface area contributed by atoms with Crippen LogP contribution in [0.5, 0.6) is 0 Å². The van der Waals surface area contributed by atoms with Crippen LogP contribution in [0.2, 0.25) is 0 Å². The Bertz CT molecular complexity index is 666. The molecule has 1 aliphatic heterocycles. The van der Waals surface area contributed by atoms with Crippen molar-refractivity contribution in [1.29, 1.82) is 0 Å². The molecule has 24 heavy (non-hydrogen) atoms. The standard InChI is InChI=1S/C17H23N3O4/c1-18(2)15-8-14-12(7-16(15)20(23)24)9-19(17(14)22)13-5-3-11(10-21)4-6-13/h7-8,11,13,21H,3-6,9-10H2,1-2H3. The summed E-state index contributed by atoms with van der Waals surface area (Å²) in [5.41, 5.74) is 1.81. The third-order valence-corrected chi connectivity index (χ3v) is 5.23. The lowest BCUT2D eigenvalue weighted by atomic mass is 9.86. The van der Waals surface area contributed by atoms with E-state index in [-0.39, 0.29) is 24.2 Å². The Morgan fingerprint density at radius 1 is 1.29 bits per heavy atom. The number of benzene rings is 1. The topological polar surface area (TPSA) is 86.9 Å². The minimum Gasteiger partial charge on any atom is -0.396 e. The number of nitro benzene ring substituents is 1. The van der Waals surface area contributed by atoms with Crippen molar-refractivity contribution in [1.82, 2.24) is 4.90 Å². The molecule has 1 saturated carbocycles. The van der Waals surface area contributed by atoms with Crippen LogP contribution in [0.4, 0.5) is 11.4 Å². The van der Waals surface area contributed by atoms with E-state index in [1.807, 2.05) is 4.90 Å². The number of amides is 1. The molecule has 0 radical (unpaired) electrons. The molecule has 2 aliphatic rings. The molecule has 0 bridgehead atoms.